The molecule has 0 bridgehead atoms. The molecular weight excluding hydrogens is 513 g/mol. The zero-order valence-electron chi connectivity index (χ0n) is 18.8. The lowest BCUT2D eigenvalue weighted by molar-refractivity contribution is -0.145. The third-order valence-electron chi connectivity index (χ3n) is 5.06. The average molecular weight is 527 g/mol. The summed E-state index contributed by atoms with van der Waals surface area (Å²) < 4.78 is 38.4. The fourth-order valence-corrected chi connectivity index (χ4v) is 3.62. The zero-order chi connectivity index (χ0) is 26.7. The number of carbonyl (C=O) groups is 2. The maximum absolute atomic E-state index is 13.3. The number of aryl methyl sites for hydroxylation is 1. The Balaban J connectivity index is 1.74. The van der Waals surface area contributed by atoms with E-state index >= 15 is 0 Å². The molecule has 2 aromatic heterocycles. The molecule has 186 valence electrons. The van der Waals surface area contributed by atoms with E-state index in [4.69, 9.17) is 16.9 Å². The number of nitrogens with zero attached hydrogens (tertiary/aromatic N) is 7. The first-order chi connectivity index (χ1) is 17.6. The largest absolute Gasteiger partial charge is 0.455 e. The Morgan fingerprint density at radius 2 is 2.03 bits per heavy atom. The minimum absolute atomic E-state index is 0.0132. The number of alkyl halides is 3. The second kappa shape index (κ2) is 10.1. The van der Waals surface area contributed by atoms with Crippen LogP contribution in [0.25, 0.3) is 11.3 Å². The monoisotopic (exact) mass is 526 g/mol. The van der Waals surface area contributed by atoms with Crippen molar-refractivity contribution in [2.24, 2.45) is 0 Å². The summed E-state index contributed by atoms with van der Waals surface area (Å²) in [6.45, 7) is 1.25. The third kappa shape index (κ3) is 5.44. The summed E-state index contributed by atoms with van der Waals surface area (Å²) >= 11 is 6.33. The molecule has 0 fully saturated rings. The van der Waals surface area contributed by atoms with Crippen LogP contribution in [0.2, 0.25) is 5.02 Å². The topological polar surface area (TPSA) is 139 Å². The molecule has 0 aliphatic rings. The van der Waals surface area contributed by atoms with Gasteiger partial charge in [0, 0.05) is 22.3 Å². The summed E-state index contributed by atoms with van der Waals surface area (Å²) in [6, 6.07) is 11.3. The summed E-state index contributed by atoms with van der Waals surface area (Å²) in [5, 5.41) is 21.7. The van der Waals surface area contributed by atoms with Gasteiger partial charge in [-0.1, -0.05) is 29.8 Å². The Bertz CT molecular complexity index is 1560. The van der Waals surface area contributed by atoms with Gasteiger partial charge in [-0.15, -0.1) is 10.2 Å². The highest BCUT2D eigenvalue weighted by Gasteiger charge is 2.36. The van der Waals surface area contributed by atoms with Gasteiger partial charge in [-0.3, -0.25) is 9.59 Å². The number of tetrazole rings is 1. The molecule has 14 heteroatoms. The second-order valence-electron chi connectivity index (χ2n) is 7.61. The smallest absolute Gasteiger partial charge is 0.321 e. The van der Waals surface area contributed by atoms with Crippen LogP contribution in [-0.4, -0.2) is 42.4 Å². The summed E-state index contributed by atoms with van der Waals surface area (Å²) in [4.78, 5) is 34.0. The van der Waals surface area contributed by atoms with Crippen molar-refractivity contribution < 1.29 is 22.8 Å². The van der Waals surface area contributed by atoms with Crippen LogP contribution in [0.3, 0.4) is 0 Å². The average Bonchev–Trinajstić information content (AvgIpc) is 3.34. The van der Waals surface area contributed by atoms with Crippen LogP contribution in [0, 0.1) is 18.3 Å². The van der Waals surface area contributed by atoms with E-state index in [2.05, 4.69) is 30.7 Å². The van der Waals surface area contributed by atoms with Gasteiger partial charge in [0.1, 0.15) is 6.54 Å². The first-order valence-electron chi connectivity index (χ1n) is 10.4. The minimum atomic E-state index is -4.77. The molecule has 4 rings (SSSR count). The predicted octanol–water partition coefficient (Wildman–Crippen LogP) is 4.10. The van der Waals surface area contributed by atoms with Crippen LogP contribution in [0.4, 0.5) is 18.9 Å². The Morgan fingerprint density at radius 3 is 2.68 bits per heavy atom. The first-order valence-corrected chi connectivity index (χ1v) is 10.8. The van der Waals surface area contributed by atoms with Gasteiger partial charge in [0.05, 0.1) is 28.6 Å². The fourth-order valence-electron chi connectivity index (χ4n) is 3.39. The lowest BCUT2D eigenvalue weighted by atomic mass is 10.0. The molecule has 10 nitrogen and oxygen atoms in total. The Kier molecular flexibility index (Phi) is 6.94. The lowest BCUT2D eigenvalue weighted by Crippen LogP contribution is -2.18. The van der Waals surface area contributed by atoms with Crippen molar-refractivity contribution in [1.29, 1.82) is 5.26 Å². The number of nitrogens with one attached hydrogen (secondary N) is 1. The second-order valence-corrected chi connectivity index (χ2v) is 8.02. The highest BCUT2D eigenvalue weighted by atomic mass is 35.5. The number of nitriles is 1. The predicted molar refractivity (Wildman–Crippen MR) is 124 cm³/mol. The van der Waals surface area contributed by atoms with Gasteiger partial charge in [0.15, 0.2) is 12.1 Å². The number of aldehydes is 1. The van der Waals surface area contributed by atoms with E-state index < -0.39 is 17.9 Å². The molecule has 0 aliphatic heterocycles. The number of hydrogen-bond donors (Lipinski definition) is 1. The summed E-state index contributed by atoms with van der Waals surface area (Å²) in [5.74, 6) is -2.12. The molecule has 37 heavy (non-hydrogen) atoms. The van der Waals surface area contributed by atoms with Crippen molar-refractivity contribution in [3.8, 4) is 17.3 Å². The van der Waals surface area contributed by atoms with Crippen LogP contribution in [0.15, 0.2) is 42.6 Å². The maximum atomic E-state index is 13.3. The number of hydrogen-bond acceptors (Lipinski definition) is 8. The van der Waals surface area contributed by atoms with Gasteiger partial charge in [-0.2, -0.15) is 23.2 Å². The normalized spacial score (nSPS) is 11.1. The van der Waals surface area contributed by atoms with Crippen LogP contribution < -0.4 is 5.32 Å². The first kappa shape index (κ1) is 25.4. The van der Waals surface area contributed by atoms with Gasteiger partial charge in [0.2, 0.25) is 0 Å². The van der Waals surface area contributed by atoms with E-state index in [1.807, 2.05) is 6.07 Å². The van der Waals surface area contributed by atoms with Crippen LogP contribution in [0.5, 0.6) is 0 Å². The van der Waals surface area contributed by atoms with Gasteiger partial charge >= 0.3 is 6.18 Å². The Morgan fingerprint density at radius 1 is 1.27 bits per heavy atom. The number of benzene rings is 2. The molecule has 1 amide bonds. The SMILES string of the molecule is Cc1cc(C#N)cc(C=O)c1NC(=O)c1cnc(Cn2nnc(C(F)(F)F)n2)nc1-c1ccccc1Cl. The van der Waals surface area contributed by atoms with Crippen molar-refractivity contribution in [2.75, 3.05) is 5.32 Å². The van der Waals surface area contributed by atoms with Crippen LogP contribution in [-0.2, 0) is 12.7 Å². The molecule has 0 saturated heterocycles. The molecule has 2 aromatic carbocycles. The zero-order valence-corrected chi connectivity index (χ0v) is 19.5. The quantitative estimate of drug-likeness (QED) is 0.370. The maximum Gasteiger partial charge on any atom is 0.455 e. The number of anilines is 1. The standard InChI is InChI=1S/C23H14ClF3N8O2/c1-12-6-13(8-28)7-14(11-36)19(12)31-21(37)16-9-29-18(10-35-33-22(32-34-35)23(25,26)27)30-20(16)15-4-2-3-5-17(15)24/h2-7,9,11H,10H2,1H3,(H,31,37). The molecule has 0 unspecified atom stereocenters. The van der Waals surface area contributed by atoms with Gasteiger partial charge in [-0.05, 0) is 35.9 Å². The molecule has 0 radical (unpaired) electrons. The third-order valence-corrected chi connectivity index (χ3v) is 5.39. The Labute approximate surface area is 211 Å². The fraction of sp³-hybridized carbons (Fsp3) is 0.130. The molecule has 0 atom stereocenters. The lowest BCUT2D eigenvalue weighted by Gasteiger charge is -2.14. The van der Waals surface area contributed by atoms with Crippen LogP contribution in [0.1, 0.15) is 43.5 Å². The molecule has 4 aromatic rings. The van der Waals surface area contributed by atoms with Crippen molar-refractivity contribution in [2.45, 2.75) is 19.6 Å². The number of halogens is 4. The highest BCUT2D eigenvalue weighted by Crippen LogP contribution is 2.30. The van der Waals surface area contributed by atoms with Crippen molar-refractivity contribution in [3.05, 3.63) is 81.5 Å². The van der Waals surface area contributed by atoms with Crippen LogP contribution >= 0.6 is 11.6 Å². The molecular formula is C23H14ClF3N8O2. The molecule has 1 N–H and O–H groups in total. The Hall–Kier alpha value is -4.70. The molecule has 2 heterocycles. The number of rotatable bonds is 6. The number of amides is 1. The van der Waals surface area contributed by atoms with Crippen molar-refractivity contribution >= 4 is 29.5 Å². The van der Waals surface area contributed by atoms with Gasteiger partial charge < -0.3 is 5.32 Å². The van der Waals surface area contributed by atoms with E-state index in [-0.39, 0.29) is 45.5 Å². The number of carbonyl (C=O) groups excluding carboxylic acids is 2. The molecule has 0 saturated carbocycles. The molecule has 0 spiro atoms. The van der Waals surface area contributed by atoms with E-state index in [1.54, 1.807) is 31.2 Å². The summed E-state index contributed by atoms with van der Waals surface area (Å²) in [7, 11) is 0. The van der Waals surface area contributed by atoms with Crippen molar-refractivity contribution in [3.63, 3.8) is 0 Å². The van der Waals surface area contributed by atoms with Gasteiger partial charge in [0.25, 0.3) is 11.7 Å². The van der Waals surface area contributed by atoms with E-state index in [9.17, 15) is 22.8 Å². The minimum Gasteiger partial charge on any atom is -0.321 e. The van der Waals surface area contributed by atoms with Crippen molar-refractivity contribution in [1.82, 2.24) is 30.2 Å². The van der Waals surface area contributed by atoms with E-state index in [0.717, 1.165) is 0 Å². The number of aromatic nitrogens is 6. The van der Waals surface area contributed by atoms with E-state index in [1.165, 1.54) is 18.3 Å². The van der Waals surface area contributed by atoms with E-state index in [0.29, 0.717) is 22.2 Å². The summed E-state index contributed by atoms with van der Waals surface area (Å²) in [6.07, 6.45) is -3.08. The van der Waals surface area contributed by atoms with Gasteiger partial charge in [-0.25, -0.2) is 9.97 Å². The summed E-state index contributed by atoms with van der Waals surface area (Å²) in [5.41, 5.74) is 1.43. The highest BCUT2D eigenvalue weighted by molar-refractivity contribution is 6.33. The molecule has 0 aliphatic carbocycles.